The number of hydrogen-bond donors (Lipinski definition) is 1. The fourth-order valence-electron chi connectivity index (χ4n) is 8.09. The van der Waals surface area contributed by atoms with Crippen LogP contribution in [-0.2, 0) is 25.7 Å². The summed E-state index contributed by atoms with van der Waals surface area (Å²) in [6.45, 7) is 14.1. The van der Waals surface area contributed by atoms with Gasteiger partial charge in [0.25, 0.3) is 0 Å². The van der Waals surface area contributed by atoms with E-state index in [-0.39, 0.29) is 29.7 Å². The Labute approximate surface area is 250 Å². The summed E-state index contributed by atoms with van der Waals surface area (Å²) in [6, 6.07) is 8.95. The maximum Gasteiger partial charge on any atom is 0.249 e. The predicted octanol–water partition coefficient (Wildman–Crippen LogP) is 3.94. The van der Waals surface area contributed by atoms with Gasteiger partial charge >= 0.3 is 0 Å². The fraction of sp³-hybridized carbons (Fsp3) is 0.618. The Morgan fingerprint density at radius 2 is 1.60 bits per heavy atom. The van der Waals surface area contributed by atoms with Gasteiger partial charge in [0.2, 0.25) is 17.7 Å². The third-order valence-electron chi connectivity index (χ3n) is 9.36. The molecule has 42 heavy (non-hydrogen) atoms. The van der Waals surface area contributed by atoms with Crippen LogP contribution in [0.5, 0.6) is 0 Å². The number of amides is 3. The number of hydrogen-bond acceptors (Lipinski definition) is 5. The Bertz CT molecular complexity index is 1270. The fourth-order valence-corrected chi connectivity index (χ4v) is 8.09. The molecule has 0 radical (unpaired) electrons. The highest BCUT2D eigenvalue weighted by atomic mass is 16.5. The van der Waals surface area contributed by atoms with Crippen LogP contribution in [0.3, 0.4) is 0 Å². The molecule has 5 rings (SSSR count). The molecule has 2 fully saturated rings. The minimum absolute atomic E-state index is 0.00871. The van der Waals surface area contributed by atoms with E-state index >= 15 is 0 Å². The van der Waals surface area contributed by atoms with Crippen LogP contribution in [0, 0.1) is 17.3 Å². The number of fused-ring (bicyclic) bond motifs is 2. The third-order valence-corrected chi connectivity index (χ3v) is 9.36. The Hall–Kier alpha value is -2.97. The highest BCUT2D eigenvalue weighted by molar-refractivity contribution is 6.00. The molecule has 1 aromatic carbocycles. The summed E-state index contributed by atoms with van der Waals surface area (Å²) in [5.74, 6) is -2.10. The summed E-state index contributed by atoms with van der Waals surface area (Å²) < 4.78 is 6.96. The number of benzene rings is 1. The predicted molar refractivity (Wildman–Crippen MR) is 161 cm³/mol. The summed E-state index contributed by atoms with van der Waals surface area (Å²) in [4.78, 5) is 48.9. The van der Waals surface area contributed by atoms with Gasteiger partial charge in [-0.05, 0) is 51.0 Å². The zero-order valence-electron chi connectivity index (χ0n) is 26.0. The molecule has 5 atom stereocenters. The Balaban J connectivity index is 1.57. The van der Waals surface area contributed by atoms with E-state index in [0.29, 0.717) is 39.0 Å². The van der Waals surface area contributed by atoms with Crippen molar-refractivity contribution < 1.29 is 24.2 Å². The van der Waals surface area contributed by atoms with Crippen molar-refractivity contribution >= 4 is 17.7 Å². The number of likely N-dealkylation sites (tertiary alicyclic amines) is 1. The first kappa shape index (κ1) is 30.5. The average molecular weight is 578 g/mol. The van der Waals surface area contributed by atoms with Crippen LogP contribution in [-0.4, -0.2) is 86.6 Å². The number of carbonyl (C=O) groups excluding carboxylic acids is 3. The molecule has 4 heterocycles. The SMILES string of the molecule is CC(C)(C)CC(C)(C)N1CC=C[C@]23O[C@]4(C)C=CCN(Cc5ccccc5)C(=O)[C@@H]4[C@H]2C(=O)N(CCCCO)C3C1=O. The lowest BCUT2D eigenvalue weighted by Crippen LogP contribution is -2.60. The second-order valence-corrected chi connectivity index (χ2v) is 14.5. The van der Waals surface area contributed by atoms with E-state index in [1.807, 2.05) is 66.5 Å². The zero-order chi connectivity index (χ0) is 30.5. The lowest BCUT2D eigenvalue weighted by molar-refractivity contribution is -0.156. The van der Waals surface area contributed by atoms with Crippen molar-refractivity contribution in [3.63, 3.8) is 0 Å². The van der Waals surface area contributed by atoms with Crippen LogP contribution in [0.4, 0.5) is 0 Å². The zero-order valence-corrected chi connectivity index (χ0v) is 26.0. The van der Waals surface area contributed by atoms with Gasteiger partial charge in [0.05, 0.1) is 17.4 Å². The van der Waals surface area contributed by atoms with Crippen LogP contribution in [0.2, 0.25) is 0 Å². The highest BCUT2D eigenvalue weighted by Gasteiger charge is 2.74. The smallest absolute Gasteiger partial charge is 0.249 e. The quantitative estimate of drug-likeness (QED) is 0.374. The first-order valence-corrected chi connectivity index (χ1v) is 15.4. The average Bonchev–Trinajstić information content (AvgIpc) is 3.16. The van der Waals surface area contributed by atoms with Gasteiger partial charge in [-0.15, -0.1) is 0 Å². The lowest BCUT2D eigenvalue weighted by Gasteiger charge is -2.44. The van der Waals surface area contributed by atoms with E-state index in [9.17, 15) is 19.5 Å². The number of unbranched alkanes of at least 4 members (excludes halogenated alkanes) is 1. The topological polar surface area (TPSA) is 90.4 Å². The molecular weight excluding hydrogens is 530 g/mol. The molecule has 0 saturated carbocycles. The minimum atomic E-state index is -1.27. The largest absolute Gasteiger partial charge is 0.396 e. The Kier molecular flexibility index (Phi) is 7.94. The van der Waals surface area contributed by atoms with E-state index in [1.54, 1.807) is 9.80 Å². The van der Waals surface area contributed by atoms with Crippen molar-refractivity contribution in [1.82, 2.24) is 14.7 Å². The second kappa shape index (κ2) is 10.9. The molecule has 8 nitrogen and oxygen atoms in total. The summed E-state index contributed by atoms with van der Waals surface area (Å²) in [5, 5.41) is 9.48. The summed E-state index contributed by atoms with van der Waals surface area (Å²) in [7, 11) is 0. The number of rotatable bonds is 8. The molecule has 0 aliphatic carbocycles. The first-order chi connectivity index (χ1) is 19.7. The van der Waals surface area contributed by atoms with Crippen molar-refractivity contribution in [2.75, 3.05) is 26.2 Å². The lowest BCUT2D eigenvalue weighted by atomic mass is 9.74. The minimum Gasteiger partial charge on any atom is -0.396 e. The summed E-state index contributed by atoms with van der Waals surface area (Å²) in [5.41, 5.74) is -1.79. The van der Waals surface area contributed by atoms with Gasteiger partial charge in [-0.2, -0.15) is 0 Å². The van der Waals surface area contributed by atoms with Gasteiger partial charge in [-0.1, -0.05) is 75.4 Å². The van der Waals surface area contributed by atoms with E-state index in [2.05, 4.69) is 34.6 Å². The maximum atomic E-state index is 14.7. The number of ether oxygens (including phenoxy) is 1. The molecule has 4 aliphatic rings. The molecular formula is C34H47N3O5. The monoisotopic (exact) mass is 577 g/mol. The van der Waals surface area contributed by atoms with Crippen molar-refractivity contribution in [1.29, 1.82) is 0 Å². The molecule has 1 N–H and O–H groups in total. The Morgan fingerprint density at radius 3 is 2.26 bits per heavy atom. The number of nitrogens with zero attached hydrogens (tertiary/aromatic N) is 3. The van der Waals surface area contributed by atoms with Crippen molar-refractivity contribution in [2.24, 2.45) is 17.3 Å². The van der Waals surface area contributed by atoms with Crippen LogP contribution in [0.15, 0.2) is 54.6 Å². The van der Waals surface area contributed by atoms with Gasteiger partial charge in [-0.25, -0.2) is 0 Å². The second-order valence-electron chi connectivity index (χ2n) is 14.5. The molecule has 1 aromatic rings. The third kappa shape index (κ3) is 5.21. The first-order valence-electron chi connectivity index (χ1n) is 15.4. The molecule has 2 saturated heterocycles. The van der Waals surface area contributed by atoms with E-state index in [1.165, 1.54) is 0 Å². The van der Waals surface area contributed by atoms with E-state index < -0.39 is 34.6 Å². The van der Waals surface area contributed by atoms with E-state index in [4.69, 9.17) is 4.74 Å². The molecule has 228 valence electrons. The van der Waals surface area contributed by atoms with Crippen LogP contribution in [0.25, 0.3) is 0 Å². The molecule has 1 unspecified atom stereocenters. The number of carbonyl (C=O) groups is 3. The Morgan fingerprint density at radius 1 is 0.905 bits per heavy atom. The highest BCUT2D eigenvalue weighted by Crippen LogP contribution is 2.58. The molecule has 8 heteroatoms. The standard InChI is InChI=1S/C34H47N3O5/c1-31(2,3)23-32(4,5)37-20-13-17-34-26(29(40)36(19-10-11-21-38)27(34)30(37)41)25-28(39)35(18-12-16-33(25,6)42-34)22-24-14-8-7-9-15-24/h7-9,12-17,25-27,38H,10-11,18-23H2,1-6H3/t25-,26-,27?,33+,34-/m0/s1. The molecule has 0 bridgehead atoms. The maximum absolute atomic E-state index is 14.7. The van der Waals surface area contributed by atoms with Crippen LogP contribution in [0.1, 0.15) is 66.4 Å². The number of aliphatic hydroxyl groups is 1. The number of aliphatic hydroxyl groups excluding tert-OH is 1. The van der Waals surface area contributed by atoms with Crippen molar-refractivity contribution in [3.05, 3.63) is 60.2 Å². The molecule has 0 aromatic heterocycles. The summed E-state index contributed by atoms with van der Waals surface area (Å²) >= 11 is 0. The van der Waals surface area contributed by atoms with Gasteiger partial charge in [-0.3, -0.25) is 14.4 Å². The van der Waals surface area contributed by atoms with Gasteiger partial charge in [0.15, 0.2) is 0 Å². The normalized spacial score (nSPS) is 31.3. The van der Waals surface area contributed by atoms with Gasteiger partial charge in [0, 0.05) is 38.3 Å². The van der Waals surface area contributed by atoms with Crippen molar-refractivity contribution in [3.8, 4) is 0 Å². The van der Waals surface area contributed by atoms with Crippen LogP contribution >= 0.6 is 0 Å². The van der Waals surface area contributed by atoms with E-state index in [0.717, 1.165) is 12.0 Å². The van der Waals surface area contributed by atoms with Crippen molar-refractivity contribution in [2.45, 2.75) is 90.1 Å². The van der Waals surface area contributed by atoms with Gasteiger partial charge in [0.1, 0.15) is 11.6 Å². The summed E-state index contributed by atoms with van der Waals surface area (Å²) in [6.07, 6.45) is 9.62. The molecule has 3 amide bonds. The van der Waals surface area contributed by atoms with Crippen LogP contribution < -0.4 is 0 Å². The molecule has 1 spiro atoms. The molecule has 4 aliphatic heterocycles. The van der Waals surface area contributed by atoms with Gasteiger partial charge < -0.3 is 24.5 Å².